The van der Waals surface area contributed by atoms with Gasteiger partial charge in [0.05, 0.1) is 15.9 Å². The van der Waals surface area contributed by atoms with Crippen LogP contribution in [0.15, 0.2) is 18.2 Å². The summed E-state index contributed by atoms with van der Waals surface area (Å²) in [5, 5.41) is 10.3. The van der Waals surface area contributed by atoms with E-state index < -0.39 is 0 Å². The highest BCUT2D eigenvalue weighted by molar-refractivity contribution is 6.36. The number of hydrogen-bond donors (Lipinski definition) is 1. The molecule has 1 aromatic heterocycles. The molecular formula is C8H4Cl2N2O. The van der Waals surface area contributed by atoms with Crippen molar-refractivity contribution in [1.29, 1.82) is 0 Å². The maximum atomic E-state index is 9.41. The van der Waals surface area contributed by atoms with Gasteiger partial charge in [0.1, 0.15) is 0 Å². The van der Waals surface area contributed by atoms with Crippen LogP contribution >= 0.6 is 23.2 Å². The van der Waals surface area contributed by atoms with Gasteiger partial charge in [0.2, 0.25) is 11.2 Å². The first-order chi connectivity index (χ1) is 6.18. The highest BCUT2D eigenvalue weighted by Gasteiger charge is 2.07. The Balaban J connectivity index is 2.94. The third kappa shape index (κ3) is 1.41. The molecule has 0 unspecified atom stereocenters. The summed E-state index contributed by atoms with van der Waals surface area (Å²) in [7, 11) is 0. The van der Waals surface area contributed by atoms with E-state index in [2.05, 4.69) is 9.97 Å². The Hall–Kier alpha value is -1.06. The van der Waals surface area contributed by atoms with Crippen LogP contribution < -0.4 is 0 Å². The first-order valence-corrected chi connectivity index (χ1v) is 4.25. The fourth-order valence-electron chi connectivity index (χ4n) is 1.09. The molecule has 0 fully saturated rings. The van der Waals surface area contributed by atoms with Gasteiger partial charge in [0, 0.05) is 0 Å². The van der Waals surface area contributed by atoms with Crippen molar-refractivity contribution in [3.63, 3.8) is 0 Å². The van der Waals surface area contributed by atoms with Crippen molar-refractivity contribution in [3.8, 4) is 5.88 Å². The van der Waals surface area contributed by atoms with E-state index in [0.717, 1.165) is 0 Å². The predicted molar refractivity (Wildman–Crippen MR) is 51.2 cm³/mol. The van der Waals surface area contributed by atoms with Crippen molar-refractivity contribution < 1.29 is 5.11 Å². The van der Waals surface area contributed by atoms with Gasteiger partial charge in [0.25, 0.3) is 0 Å². The highest BCUT2D eigenvalue weighted by Crippen LogP contribution is 2.29. The summed E-state index contributed by atoms with van der Waals surface area (Å²) in [4.78, 5) is 7.50. The largest absolute Gasteiger partial charge is 0.493 e. The second-order valence-electron chi connectivity index (χ2n) is 2.45. The molecule has 2 aromatic rings. The minimum Gasteiger partial charge on any atom is -0.493 e. The Bertz CT molecular complexity index is 473. The van der Waals surface area contributed by atoms with Crippen LogP contribution in [0.5, 0.6) is 5.88 Å². The molecule has 0 atom stereocenters. The van der Waals surface area contributed by atoms with E-state index in [-0.39, 0.29) is 11.2 Å². The Morgan fingerprint density at radius 3 is 2.69 bits per heavy atom. The van der Waals surface area contributed by atoms with Crippen LogP contribution in [0, 0.1) is 0 Å². The minimum atomic E-state index is -0.194. The maximum absolute atomic E-state index is 9.41. The third-order valence-corrected chi connectivity index (χ3v) is 2.11. The van der Waals surface area contributed by atoms with E-state index in [1.807, 2.05) is 0 Å². The van der Waals surface area contributed by atoms with Crippen molar-refractivity contribution in [2.75, 3.05) is 0 Å². The fourth-order valence-corrected chi connectivity index (χ4v) is 1.52. The topological polar surface area (TPSA) is 46.0 Å². The van der Waals surface area contributed by atoms with E-state index in [9.17, 15) is 5.11 Å². The van der Waals surface area contributed by atoms with Crippen molar-refractivity contribution >= 4 is 34.1 Å². The number of hydrogen-bond acceptors (Lipinski definition) is 3. The minimum absolute atomic E-state index is 0.00673. The quantitative estimate of drug-likeness (QED) is 0.687. The normalized spacial score (nSPS) is 10.6. The fraction of sp³-hybridized carbons (Fsp3) is 0. The number of aromatic hydroxyl groups is 1. The Morgan fingerprint density at radius 2 is 1.92 bits per heavy atom. The average molecular weight is 215 g/mol. The number of rotatable bonds is 0. The molecule has 1 aromatic carbocycles. The molecule has 3 nitrogen and oxygen atoms in total. The zero-order valence-electron chi connectivity index (χ0n) is 6.33. The molecular weight excluding hydrogens is 211 g/mol. The highest BCUT2D eigenvalue weighted by atomic mass is 35.5. The van der Waals surface area contributed by atoms with Gasteiger partial charge in [-0.05, 0) is 23.7 Å². The lowest BCUT2D eigenvalue weighted by molar-refractivity contribution is 0.459. The molecule has 66 valence electrons. The first-order valence-electron chi connectivity index (χ1n) is 3.49. The van der Waals surface area contributed by atoms with E-state index in [0.29, 0.717) is 15.9 Å². The Morgan fingerprint density at radius 1 is 1.15 bits per heavy atom. The number of fused-ring (bicyclic) bond motifs is 1. The lowest BCUT2D eigenvalue weighted by atomic mass is 10.2. The lowest BCUT2D eigenvalue weighted by Crippen LogP contribution is -1.86. The van der Waals surface area contributed by atoms with Gasteiger partial charge in [-0.25, -0.2) is 4.98 Å². The molecule has 0 bridgehead atoms. The summed E-state index contributed by atoms with van der Waals surface area (Å²) < 4.78 is 0. The van der Waals surface area contributed by atoms with Crippen LogP contribution in [0.3, 0.4) is 0 Å². The summed E-state index contributed by atoms with van der Waals surface area (Å²) in [5.41, 5.74) is 0.532. The van der Waals surface area contributed by atoms with Crippen molar-refractivity contribution in [2.45, 2.75) is 0 Å². The van der Waals surface area contributed by atoms with Gasteiger partial charge in [-0.15, -0.1) is 0 Å². The van der Waals surface area contributed by atoms with E-state index >= 15 is 0 Å². The van der Waals surface area contributed by atoms with Crippen LogP contribution in [-0.2, 0) is 0 Å². The van der Waals surface area contributed by atoms with E-state index in [1.165, 1.54) is 0 Å². The SMILES string of the molecule is Oc1nc(Cl)nc2cccc(Cl)c12. The van der Waals surface area contributed by atoms with Crippen molar-refractivity contribution in [3.05, 3.63) is 28.5 Å². The molecule has 1 heterocycles. The summed E-state index contributed by atoms with van der Waals surface area (Å²) in [5.74, 6) is -0.194. The van der Waals surface area contributed by atoms with Crippen LogP contribution in [-0.4, -0.2) is 15.1 Å². The number of nitrogens with zero attached hydrogens (tertiary/aromatic N) is 2. The molecule has 5 heteroatoms. The number of benzene rings is 1. The number of halogens is 2. The van der Waals surface area contributed by atoms with E-state index in [4.69, 9.17) is 23.2 Å². The lowest BCUT2D eigenvalue weighted by Gasteiger charge is -2.01. The summed E-state index contributed by atoms with van der Waals surface area (Å²) in [6.45, 7) is 0. The summed E-state index contributed by atoms with van der Waals surface area (Å²) in [6.07, 6.45) is 0. The molecule has 0 aliphatic carbocycles. The van der Waals surface area contributed by atoms with Gasteiger partial charge >= 0.3 is 0 Å². The molecule has 0 saturated heterocycles. The molecule has 1 N–H and O–H groups in total. The van der Waals surface area contributed by atoms with Crippen LogP contribution in [0.25, 0.3) is 10.9 Å². The average Bonchev–Trinajstić information content (AvgIpc) is 2.02. The molecule has 0 aliphatic rings. The molecule has 2 rings (SSSR count). The second kappa shape index (κ2) is 3.01. The van der Waals surface area contributed by atoms with E-state index in [1.54, 1.807) is 18.2 Å². The monoisotopic (exact) mass is 214 g/mol. The number of aromatic nitrogens is 2. The third-order valence-electron chi connectivity index (χ3n) is 1.63. The molecule has 0 spiro atoms. The standard InChI is InChI=1S/C8H4Cl2N2O/c9-4-2-1-3-5-6(4)7(13)12-8(10)11-5/h1-3H,(H,11,12,13). The zero-order chi connectivity index (χ0) is 9.42. The van der Waals surface area contributed by atoms with Gasteiger partial charge in [-0.2, -0.15) is 4.98 Å². The van der Waals surface area contributed by atoms with Gasteiger partial charge in [0.15, 0.2) is 0 Å². The smallest absolute Gasteiger partial charge is 0.226 e. The molecule has 0 aliphatic heterocycles. The van der Waals surface area contributed by atoms with Gasteiger partial charge in [-0.1, -0.05) is 17.7 Å². The maximum Gasteiger partial charge on any atom is 0.226 e. The Kier molecular flexibility index (Phi) is 1.98. The van der Waals surface area contributed by atoms with Gasteiger partial charge in [-0.3, -0.25) is 0 Å². The van der Waals surface area contributed by atoms with Crippen molar-refractivity contribution in [2.24, 2.45) is 0 Å². The molecule has 0 radical (unpaired) electrons. The van der Waals surface area contributed by atoms with Gasteiger partial charge < -0.3 is 5.11 Å². The molecule has 0 saturated carbocycles. The van der Waals surface area contributed by atoms with Crippen molar-refractivity contribution in [1.82, 2.24) is 9.97 Å². The van der Waals surface area contributed by atoms with Crippen LogP contribution in [0.1, 0.15) is 0 Å². The first kappa shape index (κ1) is 8.53. The second-order valence-corrected chi connectivity index (χ2v) is 3.20. The predicted octanol–water partition coefficient (Wildman–Crippen LogP) is 2.64. The van der Waals surface area contributed by atoms with Crippen LogP contribution in [0.2, 0.25) is 10.3 Å². The van der Waals surface area contributed by atoms with Crippen LogP contribution in [0.4, 0.5) is 0 Å². The molecule has 0 amide bonds. The summed E-state index contributed by atoms with van der Waals surface area (Å²) in [6, 6.07) is 5.09. The summed E-state index contributed by atoms with van der Waals surface area (Å²) >= 11 is 11.4. The Labute approximate surface area is 84.0 Å². The zero-order valence-corrected chi connectivity index (χ0v) is 7.84. The molecule has 13 heavy (non-hydrogen) atoms.